The highest BCUT2D eigenvalue weighted by Crippen LogP contribution is 2.26. The molecule has 1 aromatic rings. The number of hydrogen-bond acceptors (Lipinski definition) is 5. The summed E-state index contributed by atoms with van der Waals surface area (Å²) in [6.45, 7) is 9.01. The van der Waals surface area contributed by atoms with Crippen LogP contribution in [0.2, 0.25) is 0 Å². The molecular weight excluding hydrogens is 292 g/mol. The molecule has 1 saturated heterocycles. The van der Waals surface area contributed by atoms with Crippen LogP contribution in [0.5, 0.6) is 0 Å². The summed E-state index contributed by atoms with van der Waals surface area (Å²) in [7, 11) is 0. The highest BCUT2D eigenvalue weighted by atomic mass is 16.6. The van der Waals surface area contributed by atoms with Crippen LogP contribution < -0.4 is 4.90 Å². The van der Waals surface area contributed by atoms with Crippen LogP contribution in [-0.4, -0.2) is 41.0 Å². The van der Waals surface area contributed by atoms with Crippen LogP contribution in [0, 0.1) is 22.0 Å². The molecule has 0 spiro atoms. The minimum Gasteiger partial charge on any atom is -0.362 e. The van der Waals surface area contributed by atoms with Crippen LogP contribution in [0.15, 0.2) is 30.6 Å². The van der Waals surface area contributed by atoms with E-state index in [1.165, 1.54) is 6.07 Å². The number of piperazine rings is 1. The summed E-state index contributed by atoms with van der Waals surface area (Å²) in [5.41, 5.74) is 0.885. The van der Waals surface area contributed by atoms with Crippen molar-refractivity contribution >= 4 is 11.5 Å². The van der Waals surface area contributed by atoms with Crippen molar-refractivity contribution in [3.8, 4) is 11.8 Å². The van der Waals surface area contributed by atoms with Gasteiger partial charge in [-0.2, -0.15) is 0 Å². The van der Waals surface area contributed by atoms with Gasteiger partial charge in [0.1, 0.15) is 0 Å². The maximum atomic E-state index is 11.1. The number of hydrogen-bond donors (Lipinski definition) is 0. The summed E-state index contributed by atoms with van der Waals surface area (Å²) in [4.78, 5) is 19.0. The molecule has 122 valence electrons. The molecule has 0 aliphatic carbocycles. The fourth-order valence-corrected chi connectivity index (χ4v) is 2.47. The average Bonchev–Trinajstić information content (AvgIpc) is 2.58. The zero-order valence-electron chi connectivity index (χ0n) is 13.5. The molecular formula is C17H22N4O2. The van der Waals surface area contributed by atoms with Crippen molar-refractivity contribution in [2.24, 2.45) is 0 Å². The molecule has 0 bridgehead atoms. The number of anilines is 1. The Bertz CT molecular complexity index is 625. The topological polar surface area (TPSA) is 62.5 Å². The predicted octanol–water partition coefficient (Wildman–Crippen LogP) is 2.82. The third kappa shape index (κ3) is 4.46. The average molecular weight is 314 g/mol. The Morgan fingerprint density at radius 1 is 1.43 bits per heavy atom. The van der Waals surface area contributed by atoms with Crippen molar-refractivity contribution in [1.29, 1.82) is 0 Å². The van der Waals surface area contributed by atoms with Crippen molar-refractivity contribution in [3.05, 3.63) is 40.7 Å². The first-order chi connectivity index (χ1) is 11.1. The smallest absolute Gasteiger partial charge is 0.311 e. The second-order valence-electron chi connectivity index (χ2n) is 5.43. The van der Waals surface area contributed by atoms with Gasteiger partial charge < -0.3 is 9.80 Å². The van der Waals surface area contributed by atoms with Crippen LogP contribution in [0.3, 0.4) is 0 Å². The van der Waals surface area contributed by atoms with Crippen LogP contribution in [0.4, 0.5) is 11.5 Å². The van der Waals surface area contributed by atoms with E-state index in [9.17, 15) is 10.1 Å². The van der Waals surface area contributed by atoms with E-state index in [1.807, 2.05) is 4.90 Å². The van der Waals surface area contributed by atoms with Gasteiger partial charge >= 0.3 is 5.69 Å². The SMILES string of the molecule is C=C(C#CCCCC)N1CCN(c2ncccc2[N+](=O)[O-])CC1. The van der Waals surface area contributed by atoms with E-state index < -0.39 is 0 Å². The number of allylic oxidation sites excluding steroid dienone is 1. The molecule has 0 amide bonds. The van der Waals surface area contributed by atoms with Crippen molar-refractivity contribution < 1.29 is 4.92 Å². The lowest BCUT2D eigenvalue weighted by Gasteiger charge is -2.35. The summed E-state index contributed by atoms with van der Waals surface area (Å²) < 4.78 is 0. The number of unbranched alkanes of at least 4 members (excludes halogenated alkanes) is 2. The van der Waals surface area contributed by atoms with Gasteiger partial charge in [0.25, 0.3) is 0 Å². The minimum atomic E-state index is -0.382. The molecule has 6 heteroatoms. The monoisotopic (exact) mass is 314 g/mol. The lowest BCUT2D eigenvalue weighted by molar-refractivity contribution is -0.384. The molecule has 1 aliphatic rings. The van der Waals surface area contributed by atoms with E-state index in [0.29, 0.717) is 18.9 Å². The molecule has 0 N–H and O–H groups in total. The second kappa shape index (κ2) is 8.18. The molecule has 0 aromatic carbocycles. The first-order valence-electron chi connectivity index (χ1n) is 7.90. The molecule has 0 unspecified atom stereocenters. The molecule has 0 radical (unpaired) electrons. The van der Waals surface area contributed by atoms with Crippen molar-refractivity contribution in [1.82, 2.24) is 9.88 Å². The third-order valence-corrected chi connectivity index (χ3v) is 3.81. The summed E-state index contributed by atoms with van der Waals surface area (Å²) >= 11 is 0. The van der Waals surface area contributed by atoms with E-state index in [4.69, 9.17) is 0 Å². The molecule has 0 saturated carbocycles. The molecule has 23 heavy (non-hydrogen) atoms. The predicted molar refractivity (Wildman–Crippen MR) is 91.1 cm³/mol. The Morgan fingerprint density at radius 2 is 2.17 bits per heavy atom. The van der Waals surface area contributed by atoms with E-state index in [2.05, 4.69) is 35.2 Å². The lowest BCUT2D eigenvalue weighted by atomic mass is 10.2. The highest BCUT2D eigenvalue weighted by molar-refractivity contribution is 5.57. The van der Waals surface area contributed by atoms with Gasteiger partial charge in [-0.25, -0.2) is 4.98 Å². The van der Waals surface area contributed by atoms with E-state index in [0.717, 1.165) is 38.0 Å². The van der Waals surface area contributed by atoms with Gasteiger partial charge in [0, 0.05) is 44.9 Å². The Morgan fingerprint density at radius 3 is 2.83 bits per heavy atom. The largest absolute Gasteiger partial charge is 0.362 e. The van der Waals surface area contributed by atoms with Gasteiger partial charge in [0.2, 0.25) is 5.82 Å². The number of nitrogens with zero attached hydrogens (tertiary/aromatic N) is 4. The van der Waals surface area contributed by atoms with Crippen molar-refractivity contribution in [2.45, 2.75) is 26.2 Å². The molecule has 0 atom stereocenters. The molecule has 2 heterocycles. The highest BCUT2D eigenvalue weighted by Gasteiger charge is 2.24. The summed E-state index contributed by atoms with van der Waals surface area (Å²) in [5.74, 6) is 6.70. The van der Waals surface area contributed by atoms with Crippen molar-refractivity contribution in [3.63, 3.8) is 0 Å². The second-order valence-corrected chi connectivity index (χ2v) is 5.43. The summed E-state index contributed by atoms with van der Waals surface area (Å²) in [6, 6.07) is 3.08. The molecule has 2 rings (SSSR count). The molecule has 1 aliphatic heterocycles. The Balaban J connectivity index is 1.95. The van der Waals surface area contributed by atoms with Crippen LogP contribution >= 0.6 is 0 Å². The van der Waals surface area contributed by atoms with Gasteiger partial charge in [-0.15, -0.1) is 0 Å². The van der Waals surface area contributed by atoms with E-state index >= 15 is 0 Å². The Hall–Kier alpha value is -2.55. The summed E-state index contributed by atoms with van der Waals surface area (Å²) in [6.07, 6.45) is 4.74. The number of aromatic nitrogens is 1. The minimum absolute atomic E-state index is 0.0548. The van der Waals surface area contributed by atoms with Gasteiger partial charge in [0.15, 0.2) is 0 Å². The first kappa shape index (κ1) is 16.8. The van der Waals surface area contributed by atoms with Gasteiger partial charge in [0.05, 0.1) is 10.6 Å². The fraction of sp³-hybridized carbons (Fsp3) is 0.471. The number of pyridine rings is 1. The number of nitro groups is 1. The van der Waals surface area contributed by atoms with E-state index in [-0.39, 0.29) is 10.6 Å². The van der Waals surface area contributed by atoms with Crippen LogP contribution in [0.1, 0.15) is 26.2 Å². The van der Waals surface area contributed by atoms with Crippen LogP contribution in [0.25, 0.3) is 0 Å². The maximum absolute atomic E-state index is 11.1. The Labute approximate surface area is 137 Å². The number of rotatable bonds is 5. The zero-order chi connectivity index (χ0) is 16.7. The van der Waals surface area contributed by atoms with E-state index in [1.54, 1.807) is 12.3 Å². The summed E-state index contributed by atoms with van der Waals surface area (Å²) in [5, 5.41) is 11.1. The van der Waals surface area contributed by atoms with Gasteiger partial charge in [-0.05, 0) is 18.4 Å². The zero-order valence-corrected chi connectivity index (χ0v) is 13.5. The third-order valence-electron chi connectivity index (χ3n) is 3.81. The van der Waals surface area contributed by atoms with Crippen molar-refractivity contribution in [2.75, 3.05) is 31.1 Å². The van der Waals surface area contributed by atoms with Crippen LogP contribution in [-0.2, 0) is 0 Å². The quantitative estimate of drug-likeness (QED) is 0.362. The Kier molecular flexibility index (Phi) is 5.98. The maximum Gasteiger partial charge on any atom is 0.311 e. The normalized spacial score (nSPS) is 14.1. The first-order valence-corrected chi connectivity index (χ1v) is 7.90. The van der Waals surface area contributed by atoms with Gasteiger partial charge in [-0.1, -0.05) is 25.8 Å². The lowest BCUT2D eigenvalue weighted by Crippen LogP contribution is -2.46. The molecule has 1 fully saturated rings. The molecule has 6 nitrogen and oxygen atoms in total. The standard InChI is InChI=1S/C17H22N4O2/c1-3-4-5-6-8-15(2)19-11-13-20(14-12-19)17-16(21(22)23)9-7-10-18-17/h7,9-10H,2-5,11-14H2,1H3. The fourth-order valence-electron chi connectivity index (χ4n) is 2.47. The van der Waals surface area contributed by atoms with Gasteiger partial charge in [-0.3, -0.25) is 10.1 Å². The molecule has 1 aromatic heterocycles.